The number of hydrogen-bond acceptors (Lipinski definition) is 2. The zero-order valence-electron chi connectivity index (χ0n) is 18.2. The van der Waals surface area contributed by atoms with Gasteiger partial charge >= 0.3 is 0 Å². The van der Waals surface area contributed by atoms with E-state index in [9.17, 15) is 0 Å². The molecule has 0 atom stereocenters. The van der Waals surface area contributed by atoms with Crippen molar-refractivity contribution in [3.05, 3.63) is 122 Å². The Bertz CT molecular complexity index is 1440. The number of anilines is 1. The number of fused-ring (bicyclic) bond motifs is 4. The van der Waals surface area contributed by atoms with Gasteiger partial charge in [0.1, 0.15) is 0 Å². The first kappa shape index (κ1) is 20.3. The van der Waals surface area contributed by atoms with Crippen LogP contribution in [0.1, 0.15) is 18.9 Å². The van der Waals surface area contributed by atoms with E-state index in [0.29, 0.717) is 0 Å². The first-order valence-corrected chi connectivity index (χ1v) is 11.7. The van der Waals surface area contributed by atoms with E-state index in [4.69, 9.17) is 0 Å². The molecule has 0 radical (unpaired) electrons. The van der Waals surface area contributed by atoms with Gasteiger partial charge in [-0.05, 0) is 72.5 Å². The summed E-state index contributed by atoms with van der Waals surface area (Å²) in [5.74, 6) is 0. The summed E-state index contributed by atoms with van der Waals surface area (Å²) in [5.41, 5.74) is 6.91. The van der Waals surface area contributed by atoms with Gasteiger partial charge in [-0.3, -0.25) is 0 Å². The molecule has 5 rings (SSSR count). The lowest BCUT2D eigenvalue weighted by Crippen LogP contribution is -2.14. The topological polar surface area (TPSA) is 3.24 Å². The Hall–Kier alpha value is -3.62. The predicted molar refractivity (Wildman–Crippen MR) is 143 cm³/mol. The van der Waals surface area contributed by atoms with Crippen molar-refractivity contribution < 1.29 is 0 Å². The first-order chi connectivity index (χ1) is 15.7. The van der Waals surface area contributed by atoms with Crippen LogP contribution in [0.3, 0.4) is 0 Å². The van der Waals surface area contributed by atoms with Crippen molar-refractivity contribution in [2.45, 2.75) is 13.3 Å². The zero-order chi connectivity index (χ0) is 22.1. The third kappa shape index (κ3) is 3.53. The molecule has 1 aliphatic rings. The Morgan fingerprint density at radius 3 is 2.59 bits per heavy atom. The van der Waals surface area contributed by atoms with Gasteiger partial charge in [0, 0.05) is 37.6 Å². The summed E-state index contributed by atoms with van der Waals surface area (Å²) in [6, 6.07) is 22.1. The monoisotopic (exact) mass is 431 g/mol. The van der Waals surface area contributed by atoms with E-state index in [-0.39, 0.29) is 0 Å². The van der Waals surface area contributed by atoms with Gasteiger partial charge in [0.15, 0.2) is 0 Å². The lowest BCUT2D eigenvalue weighted by atomic mass is 9.96. The molecular weight excluding hydrogens is 406 g/mol. The number of thiophene rings is 1. The molecule has 1 nitrogen and oxygen atoms in total. The van der Waals surface area contributed by atoms with E-state index < -0.39 is 0 Å². The molecule has 1 aliphatic heterocycles. The van der Waals surface area contributed by atoms with Gasteiger partial charge in [0.05, 0.1) is 5.69 Å². The summed E-state index contributed by atoms with van der Waals surface area (Å²) in [6.07, 6.45) is 13.2. The van der Waals surface area contributed by atoms with Gasteiger partial charge in [-0.1, -0.05) is 61.7 Å². The van der Waals surface area contributed by atoms with Crippen LogP contribution in [0.4, 0.5) is 5.69 Å². The minimum Gasteiger partial charge on any atom is -0.317 e. The second kappa shape index (κ2) is 8.49. The standard InChI is InChI=1S/C30H25NS/c1-4-6-11-24(5-2)31-18-9-10-21(3)26-19-22(14-16-28(26)31)23-15-17-30-27(20-23)25-12-7-8-13-29(25)32-30/h4-9,11-20H,2-3,10H2,1H3/b6-4?,24-11+. The van der Waals surface area contributed by atoms with Crippen LogP contribution < -0.4 is 4.90 Å². The molecule has 0 saturated heterocycles. The number of allylic oxidation sites excluding steroid dienone is 6. The van der Waals surface area contributed by atoms with Crippen LogP contribution in [0.5, 0.6) is 0 Å². The van der Waals surface area contributed by atoms with Crippen molar-refractivity contribution in [1.82, 2.24) is 0 Å². The second-order valence-corrected chi connectivity index (χ2v) is 9.01. The maximum atomic E-state index is 4.38. The van der Waals surface area contributed by atoms with Crippen LogP contribution in [-0.4, -0.2) is 0 Å². The minimum atomic E-state index is 0.829. The molecule has 2 heterocycles. The molecule has 3 aromatic carbocycles. The van der Waals surface area contributed by atoms with Crippen molar-refractivity contribution in [1.29, 1.82) is 0 Å². The van der Waals surface area contributed by atoms with E-state index in [1.54, 1.807) is 0 Å². The smallest absolute Gasteiger partial charge is 0.0530 e. The molecule has 0 unspecified atom stereocenters. The Balaban J connectivity index is 1.63. The van der Waals surface area contributed by atoms with Crippen LogP contribution >= 0.6 is 11.3 Å². The maximum Gasteiger partial charge on any atom is 0.0530 e. The van der Waals surface area contributed by atoms with Crippen molar-refractivity contribution >= 4 is 42.8 Å². The average molecular weight is 432 g/mol. The van der Waals surface area contributed by atoms with E-state index in [2.05, 4.69) is 97.1 Å². The lowest BCUT2D eigenvalue weighted by Gasteiger charge is -2.24. The number of benzene rings is 3. The summed E-state index contributed by atoms with van der Waals surface area (Å²) in [4.78, 5) is 2.19. The SMILES string of the molecule is C=C/C(=C\C=CC)N1C=CCC(=C)c2cc(-c3ccc4sc5ccccc5c4c3)ccc21. The predicted octanol–water partition coefficient (Wildman–Crippen LogP) is 9.10. The van der Waals surface area contributed by atoms with Crippen molar-refractivity contribution in [2.24, 2.45) is 0 Å². The summed E-state index contributed by atoms with van der Waals surface area (Å²) in [5, 5.41) is 2.65. The maximum absolute atomic E-state index is 4.38. The quantitative estimate of drug-likeness (QED) is 0.291. The average Bonchev–Trinajstić information content (AvgIpc) is 3.12. The molecule has 0 N–H and O–H groups in total. The Kier molecular flexibility index (Phi) is 5.38. The van der Waals surface area contributed by atoms with Crippen LogP contribution in [-0.2, 0) is 0 Å². The number of nitrogens with zero attached hydrogens (tertiary/aromatic N) is 1. The number of rotatable bonds is 4. The molecule has 0 bridgehead atoms. The third-order valence-corrected chi connectivity index (χ3v) is 7.06. The highest BCUT2D eigenvalue weighted by molar-refractivity contribution is 7.25. The molecule has 2 heteroatoms. The highest BCUT2D eigenvalue weighted by Gasteiger charge is 2.17. The van der Waals surface area contributed by atoms with Gasteiger partial charge in [0.25, 0.3) is 0 Å². The van der Waals surface area contributed by atoms with Crippen LogP contribution in [0, 0.1) is 0 Å². The molecular formula is C30H25NS. The van der Waals surface area contributed by atoms with Gasteiger partial charge < -0.3 is 4.90 Å². The lowest BCUT2D eigenvalue weighted by molar-refractivity contribution is 1.20. The minimum absolute atomic E-state index is 0.829. The fraction of sp³-hybridized carbons (Fsp3) is 0.0667. The van der Waals surface area contributed by atoms with Crippen LogP contribution in [0.15, 0.2) is 116 Å². The normalized spacial score (nSPS) is 14.3. The van der Waals surface area contributed by atoms with Crippen molar-refractivity contribution in [3.63, 3.8) is 0 Å². The third-order valence-electron chi connectivity index (χ3n) is 5.91. The van der Waals surface area contributed by atoms with Crippen LogP contribution in [0.25, 0.3) is 36.9 Å². The first-order valence-electron chi connectivity index (χ1n) is 10.8. The van der Waals surface area contributed by atoms with Gasteiger partial charge in [0.2, 0.25) is 0 Å². The van der Waals surface area contributed by atoms with Gasteiger partial charge in [-0.15, -0.1) is 11.3 Å². The van der Waals surface area contributed by atoms with E-state index >= 15 is 0 Å². The molecule has 0 spiro atoms. The van der Waals surface area contributed by atoms with E-state index in [0.717, 1.165) is 23.4 Å². The van der Waals surface area contributed by atoms with E-state index in [1.807, 2.05) is 36.5 Å². The largest absolute Gasteiger partial charge is 0.317 e. The molecule has 0 aliphatic carbocycles. The summed E-state index contributed by atoms with van der Waals surface area (Å²) in [7, 11) is 0. The molecule has 0 amide bonds. The highest BCUT2D eigenvalue weighted by atomic mass is 32.1. The molecule has 156 valence electrons. The Morgan fingerprint density at radius 1 is 0.969 bits per heavy atom. The van der Waals surface area contributed by atoms with Crippen LogP contribution in [0.2, 0.25) is 0 Å². The molecule has 0 saturated carbocycles. The zero-order valence-corrected chi connectivity index (χ0v) is 19.0. The van der Waals surface area contributed by atoms with Gasteiger partial charge in [-0.25, -0.2) is 0 Å². The van der Waals surface area contributed by atoms with Crippen molar-refractivity contribution in [3.8, 4) is 11.1 Å². The van der Waals surface area contributed by atoms with Crippen molar-refractivity contribution in [2.75, 3.05) is 4.90 Å². The van der Waals surface area contributed by atoms with E-state index in [1.165, 1.54) is 36.9 Å². The Labute approximate surface area is 193 Å². The molecule has 4 aromatic rings. The fourth-order valence-corrected chi connectivity index (χ4v) is 5.36. The highest BCUT2D eigenvalue weighted by Crippen LogP contribution is 2.39. The fourth-order valence-electron chi connectivity index (χ4n) is 4.27. The molecule has 0 fully saturated rings. The summed E-state index contributed by atoms with van der Waals surface area (Å²) < 4.78 is 2.66. The summed E-state index contributed by atoms with van der Waals surface area (Å²) >= 11 is 1.85. The summed E-state index contributed by atoms with van der Waals surface area (Å²) in [6.45, 7) is 10.4. The number of hydrogen-bond donors (Lipinski definition) is 0. The Morgan fingerprint density at radius 2 is 1.75 bits per heavy atom. The second-order valence-electron chi connectivity index (χ2n) is 7.92. The van der Waals surface area contributed by atoms with Gasteiger partial charge in [-0.2, -0.15) is 0 Å². The molecule has 1 aromatic heterocycles. The molecule has 32 heavy (non-hydrogen) atoms.